The fourth-order valence-electron chi connectivity index (χ4n) is 8.77. The summed E-state index contributed by atoms with van der Waals surface area (Å²) in [5, 5.41) is 34.6. The molecular formula is C48H44F6N14O8S2. The number of hydrogen-bond donors (Lipinski definition) is 2. The van der Waals surface area contributed by atoms with E-state index in [-0.39, 0.29) is 97.4 Å². The van der Waals surface area contributed by atoms with Crippen molar-refractivity contribution in [1.82, 2.24) is 59.4 Å². The number of benzene rings is 2. The largest absolute Gasteiger partial charge is 0.481 e. The van der Waals surface area contributed by atoms with Gasteiger partial charge in [-0.05, 0) is 49.2 Å². The lowest BCUT2D eigenvalue weighted by Crippen LogP contribution is -2.49. The van der Waals surface area contributed by atoms with Crippen LogP contribution in [0.25, 0.3) is 34.4 Å². The van der Waals surface area contributed by atoms with Crippen molar-refractivity contribution in [2.45, 2.75) is 47.1 Å². The fourth-order valence-corrected chi connectivity index (χ4v) is 12.2. The number of anilines is 2. The van der Waals surface area contributed by atoms with Crippen LogP contribution in [0.4, 0.5) is 38.2 Å². The molecule has 2 N–H and O–H groups in total. The molecule has 0 spiro atoms. The zero-order valence-corrected chi connectivity index (χ0v) is 42.5. The SMILES string of the molecule is COc1cccc(-c2nnc(CS(=O)(=O)[C@@H]3C[C@H](O)CN(c4ncc(F)cn4)C3)n2-c2c(F)cccc2F)n1.COc1cccc(-c2nnc(CS(=O)(=O)[C@H]3C[C@@H](O)CN(c4ncc(F)cn4)C3)n2-c2c(F)cccc2F)n1. The first-order valence-corrected chi connectivity index (χ1v) is 26.8. The summed E-state index contributed by atoms with van der Waals surface area (Å²) in [7, 11) is -5.42. The third-order valence-electron chi connectivity index (χ3n) is 12.3. The van der Waals surface area contributed by atoms with Crippen molar-refractivity contribution in [1.29, 1.82) is 0 Å². The van der Waals surface area contributed by atoms with E-state index in [1.54, 1.807) is 24.3 Å². The summed E-state index contributed by atoms with van der Waals surface area (Å²) in [6, 6.07) is 15.8. The molecule has 0 bridgehead atoms. The maximum absolute atomic E-state index is 14.9. The van der Waals surface area contributed by atoms with Gasteiger partial charge in [0.1, 0.15) is 57.5 Å². The van der Waals surface area contributed by atoms with Crippen molar-refractivity contribution in [3.8, 4) is 46.2 Å². The predicted molar refractivity (Wildman–Crippen MR) is 265 cm³/mol. The van der Waals surface area contributed by atoms with Crippen LogP contribution in [-0.2, 0) is 31.2 Å². The number of aliphatic hydroxyl groups is 2. The Kier molecular flexibility index (Phi) is 15.9. The fraction of sp³-hybridized carbons (Fsp3) is 0.292. The first-order valence-electron chi connectivity index (χ1n) is 23.4. The number of β-amino-alcohol motifs (C(OH)–C–C–N with tert-alkyl or cyclic N) is 2. The minimum absolute atomic E-state index is 0.0416. The Bertz CT molecular complexity index is 3400. The van der Waals surface area contributed by atoms with Crippen LogP contribution >= 0.6 is 0 Å². The van der Waals surface area contributed by atoms with Crippen molar-refractivity contribution >= 4 is 31.6 Å². The summed E-state index contributed by atoms with van der Waals surface area (Å²) in [5.74, 6) is -6.94. The number of para-hydroxylation sites is 2. The molecule has 8 heterocycles. The molecule has 30 heteroatoms. The molecule has 2 aliphatic rings. The quantitative estimate of drug-likeness (QED) is 0.144. The number of pyridine rings is 2. The number of hydrogen-bond acceptors (Lipinski definition) is 20. The Labute approximate surface area is 439 Å². The lowest BCUT2D eigenvalue weighted by molar-refractivity contribution is 0.154. The summed E-state index contributed by atoms with van der Waals surface area (Å²) in [6.45, 7) is -0.116. The number of ether oxygens (including phenoxy) is 2. The van der Waals surface area contributed by atoms with Gasteiger partial charge in [-0.1, -0.05) is 24.3 Å². The summed E-state index contributed by atoms with van der Waals surface area (Å²) in [5.41, 5.74) is -0.864. The van der Waals surface area contributed by atoms with Gasteiger partial charge in [0.15, 0.2) is 54.6 Å². The van der Waals surface area contributed by atoms with Gasteiger partial charge in [0.25, 0.3) is 0 Å². The topological polar surface area (TPSA) is 272 Å². The van der Waals surface area contributed by atoms with Gasteiger partial charge in [-0.15, -0.1) is 20.4 Å². The van der Waals surface area contributed by atoms with Crippen LogP contribution in [-0.4, -0.2) is 150 Å². The van der Waals surface area contributed by atoms with Gasteiger partial charge >= 0.3 is 0 Å². The normalized spacial score (nSPS) is 17.8. The van der Waals surface area contributed by atoms with Gasteiger partial charge in [0.2, 0.25) is 23.7 Å². The van der Waals surface area contributed by atoms with E-state index in [1.807, 2.05) is 0 Å². The number of aliphatic hydroxyl groups excluding tert-OH is 2. The molecule has 10 rings (SSSR count). The number of rotatable bonds is 14. The molecule has 2 fully saturated rings. The Hall–Kier alpha value is -8.22. The first kappa shape index (κ1) is 54.6. The number of nitrogens with zero attached hydrogens (tertiary/aromatic N) is 14. The Morgan fingerprint density at radius 1 is 0.513 bits per heavy atom. The van der Waals surface area contributed by atoms with Crippen molar-refractivity contribution in [2.75, 3.05) is 50.2 Å². The maximum Gasteiger partial charge on any atom is 0.225 e. The van der Waals surface area contributed by atoms with E-state index in [0.717, 1.165) is 58.2 Å². The highest BCUT2D eigenvalue weighted by atomic mass is 32.2. The summed E-state index contributed by atoms with van der Waals surface area (Å²) < 4.78 is 153. The van der Waals surface area contributed by atoms with Gasteiger partial charge in [0, 0.05) is 38.3 Å². The monoisotopic (exact) mass is 1120 g/mol. The highest BCUT2D eigenvalue weighted by molar-refractivity contribution is 7.91. The van der Waals surface area contributed by atoms with Gasteiger partial charge < -0.3 is 29.5 Å². The molecule has 0 amide bonds. The summed E-state index contributed by atoms with van der Waals surface area (Å²) in [6.07, 6.45) is 1.44. The van der Waals surface area contributed by atoms with Crippen molar-refractivity contribution in [2.24, 2.45) is 0 Å². The van der Waals surface area contributed by atoms with Crippen LogP contribution in [0.15, 0.2) is 97.6 Å². The van der Waals surface area contributed by atoms with Gasteiger partial charge in [-0.3, -0.25) is 9.13 Å². The molecule has 6 aromatic heterocycles. The minimum Gasteiger partial charge on any atom is -0.481 e. The lowest BCUT2D eigenvalue weighted by Gasteiger charge is -2.35. The van der Waals surface area contributed by atoms with Gasteiger partial charge in [-0.25, -0.2) is 73.1 Å². The van der Waals surface area contributed by atoms with E-state index in [1.165, 1.54) is 48.3 Å². The zero-order valence-electron chi connectivity index (χ0n) is 40.9. The number of halogens is 6. The number of sulfone groups is 2. The average molecular weight is 1120 g/mol. The van der Waals surface area contributed by atoms with Crippen molar-refractivity contribution in [3.63, 3.8) is 0 Å². The minimum atomic E-state index is -4.10. The van der Waals surface area contributed by atoms with Crippen LogP contribution in [0.1, 0.15) is 24.5 Å². The standard InChI is InChI=1S/2C24H22F3N7O4S/c2*1-38-21-7-3-6-19(30-21)23-32-31-20(34(23)22-17(26)4-2-5-18(22)27)13-39(36,37)16-8-15(35)11-33(12-16)24-28-9-14(25)10-29-24/h2*2-7,9-10,15-16,35H,8,11-13H2,1H3/t2*15-,16+/m10/s1. The molecule has 2 aliphatic heterocycles. The molecule has 22 nitrogen and oxygen atoms in total. The van der Waals surface area contributed by atoms with E-state index in [4.69, 9.17) is 9.47 Å². The molecule has 408 valence electrons. The van der Waals surface area contributed by atoms with Gasteiger partial charge in [-0.2, -0.15) is 0 Å². The molecule has 2 aromatic carbocycles. The van der Waals surface area contributed by atoms with E-state index >= 15 is 0 Å². The van der Waals surface area contributed by atoms with Crippen LogP contribution in [0.3, 0.4) is 0 Å². The Morgan fingerprint density at radius 3 is 1.21 bits per heavy atom. The van der Waals surface area contributed by atoms with E-state index in [2.05, 4.69) is 50.3 Å². The molecule has 2 saturated heterocycles. The smallest absolute Gasteiger partial charge is 0.225 e. The second kappa shape index (κ2) is 22.8. The van der Waals surface area contributed by atoms with Crippen molar-refractivity contribution in [3.05, 3.63) is 144 Å². The molecular weight excluding hydrogens is 1080 g/mol. The number of methoxy groups -OCH3 is 2. The molecule has 78 heavy (non-hydrogen) atoms. The predicted octanol–water partition coefficient (Wildman–Crippen LogP) is 4.20. The molecule has 8 aromatic rings. The Morgan fingerprint density at radius 2 is 0.859 bits per heavy atom. The number of aromatic nitrogens is 12. The van der Waals surface area contributed by atoms with Crippen LogP contribution in [0, 0.1) is 34.9 Å². The van der Waals surface area contributed by atoms with E-state index < -0.39 is 100 Å². The maximum atomic E-state index is 14.9. The Balaban J connectivity index is 0.000000190. The molecule has 4 atom stereocenters. The molecule has 0 radical (unpaired) electrons. The van der Waals surface area contributed by atoms with Crippen LogP contribution in [0.5, 0.6) is 11.8 Å². The van der Waals surface area contributed by atoms with E-state index in [9.17, 15) is 53.4 Å². The second-order valence-corrected chi connectivity index (χ2v) is 22.2. The van der Waals surface area contributed by atoms with Crippen molar-refractivity contribution < 1.29 is 62.9 Å². The summed E-state index contributed by atoms with van der Waals surface area (Å²) in [4.78, 5) is 26.8. The molecule has 0 aliphatic carbocycles. The van der Waals surface area contributed by atoms with Gasteiger partial charge in [0.05, 0.1) is 61.7 Å². The zero-order chi connectivity index (χ0) is 55.5. The third kappa shape index (κ3) is 11.8. The highest BCUT2D eigenvalue weighted by Crippen LogP contribution is 2.32. The van der Waals surface area contributed by atoms with E-state index in [0.29, 0.717) is 0 Å². The number of piperidine rings is 2. The van der Waals surface area contributed by atoms with Crippen LogP contribution in [0.2, 0.25) is 0 Å². The summed E-state index contributed by atoms with van der Waals surface area (Å²) >= 11 is 0. The third-order valence-corrected chi connectivity index (χ3v) is 16.4. The highest BCUT2D eigenvalue weighted by Gasteiger charge is 2.39. The molecule has 0 unspecified atom stereocenters. The average Bonchev–Trinajstić information content (AvgIpc) is 4.19. The second-order valence-electron chi connectivity index (χ2n) is 17.7. The molecule has 0 saturated carbocycles. The first-order chi connectivity index (χ1) is 37.3. The van der Waals surface area contributed by atoms with Crippen LogP contribution < -0.4 is 19.3 Å². The lowest BCUT2D eigenvalue weighted by atomic mass is 10.1.